The number of rotatable bonds is 10. The molecule has 0 bridgehead atoms. The Balaban J connectivity index is 1.27. The fourth-order valence-corrected chi connectivity index (χ4v) is 6.81. The van der Waals surface area contributed by atoms with Gasteiger partial charge in [-0.1, -0.05) is 6.07 Å². The number of likely N-dealkylation sites (N-methyl/N-ethyl adjacent to an activating group) is 1. The lowest BCUT2D eigenvalue weighted by Gasteiger charge is -2.42. The van der Waals surface area contributed by atoms with Gasteiger partial charge in [0.2, 0.25) is 16.0 Å². The van der Waals surface area contributed by atoms with Gasteiger partial charge in [0.15, 0.2) is 0 Å². The number of benzene rings is 1. The summed E-state index contributed by atoms with van der Waals surface area (Å²) >= 11 is 0. The molecule has 1 aromatic carbocycles. The first-order valence-corrected chi connectivity index (χ1v) is 16.2. The molecule has 2 N–H and O–H groups in total. The zero-order chi connectivity index (χ0) is 30.9. The Morgan fingerprint density at radius 2 is 1.86 bits per heavy atom. The molecule has 3 heterocycles. The molecule has 1 aliphatic carbocycles. The van der Waals surface area contributed by atoms with Gasteiger partial charge in [0, 0.05) is 36.4 Å². The molecule has 5 rings (SSSR count). The van der Waals surface area contributed by atoms with E-state index in [0.29, 0.717) is 30.1 Å². The maximum Gasteiger partial charge on any atom is 0.390 e. The van der Waals surface area contributed by atoms with Crippen molar-refractivity contribution in [2.45, 2.75) is 76.3 Å². The number of aromatic nitrogens is 2. The van der Waals surface area contributed by atoms with Crippen LogP contribution < -0.4 is 14.9 Å². The van der Waals surface area contributed by atoms with Gasteiger partial charge in [0.25, 0.3) is 0 Å². The van der Waals surface area contributed by atoms with Gasteiger partial charge in [-0.2, -0.15) is 18.2 Å². The smallest absolute Gasteiger partial charge is 0.378 e. The van der Waals surface area contributed by atoms with Crippen molar-refractivity contribution in [1.82, 2.24) is 14.9 Å². The average Bonchev–Trinajstić information content (AvgIpc) is 2.91. The Kier molecular flexibility index (Phi) is 9.19. The van der Waals surface area contributed by atoms with Crippen LogP contribution in [-0.2, 0) is 14.8 Å². The summed E-state index contributed by atoms with van der Waals surface area (Å²) in [4.78, 5) is 14.0. The molecule has 0 radical (unpaired) electrons. The molecule has 1 saturated carbocycles. The molecular formula is C29H38F4N6O3S. The number of ether oxygens (including phenoxy) is 1. The topological polar surface area (TPSA) is 99.7 Å². The summed E-state index contributed by atoms with van der Waals surface area (Å²) in [6.07, 6.45) is 1.73. The van der Waals surface area contributed by atoms with Gasteiger partial charge in [-0.15, -0.1) is 0 Å². The Morgan fingerprint density at radius 3 is 2.47 bits per heavy atom. The number of alkyl halides is 3. The number of hydrogen-bond acceptors (Lipinski definition) is 8. The van der Waals surface area contributed by atoms with Crippen molar-refractivity contribution in [3.8, 4) is 0 Å². The zero-order valence-corrected chi connectivity index (χ0v) is 25.3. The first kappa shape index (κ1) is 31.5. The van der Waals surface area contributed by atoms with Crippen LogP contribution in [0.25, 0.3) is 11.6 Å². The molecule has 0 amide bonds. The van der Waals surface area contributed by atoms with Gasteiger partial charge in [-0.3, -0.25) is 9.62 Å². The monoisotopic (exact) mass is 626 g/mol. The lowest BCUT2D eigenvalue weighted by Crippen LogP contribution is -2.52. The van der Waals surface area contributed by atoms with Crippen molar-refractivity contribution in [1.29, 1.82) is 0 Å². The predicted molar refractivity (Wildman–Crippen MR) is 159 cm³/mol. The fourth-order valence-electron chi connectivity index (χ4n) is 5.71. The molecule has 9 nitrogen and oxygen atoms in total. The largest absolute Gasteiger partial charge is 0.390 e. The summed E-state index contributed by atoms with van der Waals surface area (Å²) in [7, 11) is -2.19. The predicted octanol–water partition coefficient (Wildman–Crippen LogP) is 5.13. The van der Waals surface area contributed by atoms with Crippen LogP contribution in [0.3, 0.4) is 0 Å². The Hall–Kier alpha value is -2.97. The maximum absolute atomic E-state index is 14.9. The van der Waals surface area contributed by atoms with Crippen LogP contribution in [0, 0.1) is 5.82 Å². The number of anilines is 3. The molecule has 1 saturated heterocycles. The minimum absolute atomic E-state index is 0.0659. The third-order valence-electron chi connectivity index (χ3n) is 8.42. The van der Waals surface area contributed by atoms with Crippen LogP contribution in [0.15, 0.2) is 24.4 Å². The van der Waals surface area contributed by atoms with E-state index in [9.17, 15) is 26.0 Å². The van der Waals surface area contributed by atoms with Gasteiger partial charge in [0.1, 0.15) is 11.6 Å². The summed E-state index contributed by atoms with van der Waals surface area (Å²) in [5.41, 5.74) is 1.66. The van der Waals surface area contributed by atoms with Gasteiger partial charge >= 0.3 is 6.18 Å². The van der Waals surface area contributed by atoms with Crippen molar-refractivity contribution in [2.24, 2.45) is 0 Å². The van der Waals surface area contributed by atoms with E-state index in [2.05, 4.69) is 27.1 Å². The van der Waals surface area contributed by atoms with Crippen LogP contribution in [0.5, 0.6) is 0 Å². The normalized spacial score (nSPS) is 21.4. The van der Waals surface area contributed by atoms with E-state index in [-0.39, 0.29) is 12.1 Å². The molecule has 14 heteroatoms. The number of hydrogen-bond donors (Lipinski definition) is 2. The van der Waals surface area contributed by atoms with Crippen molar-refractivity contribution in [2.75, 3.05) is 47.5 Å². The molecule has 2 fully saturated rings. The first-order chi connectivity index (χ1) is 20.3. The molecule has 1 aromatic heterocycles. The van der Waals surface area contributed by atoms with E-state index in [1.54, 1.807) is 12.3 Å². The van der Waals surface area contributed by atoms with Crippen molar-refractivity contribution >= 4 is 39.1 Å². The van der Waals surface area contributed by atoms with Crippen LogP contribution in [-0.4, -0.2) is 86.2 Å². The van der Waals surface area contributed by atoms with Gasteiger partial charge < -0.3 is 15.0 Å². The highest BCUT2D eigenvalue weighted by molar-refractivity contribution is 7.92. The van der Waals surface area contributed by atoms with Crippen molar-refractivity contribution < 1.29 is 30.7 Å². The molecule has 0 spiro atoms. The highest BCUT2D eigenvalue weighted by Gasteiger charge is 2.32. The number of fused-ring (bicyclic) bond motifs is 1. The SMILES string of the molecule is CC(C)N1CC(c2ccc(NS(=O)(=O)CCC(F)(F)F)c(F)c2)=Cc2cnc(NC3CCC(N(C)C4COC4)CC3)nc21. The van der Waals surface area contributed by atoms with Gasteiger partial charge in [-0.05, 0) is 75.9 Å². The van der Waals surface area contributed by atoms with Crippen LogP contribution >= 0.6 is 0 Å². The van der Waals surface area contributed by atoms with Crippen LogP contribution in [0.2, 0.25) is 0 Å². The lowest BCUT2D eigenvalue weighted by atomic mass is 9.89. The van der Waals surface area contributed by atoms with E-state index < -0.39 is 39.9 Å². The quantitative estimate of drug-likeness (QED) is 0.350. The van der Waals surface area contributed by atoms with E-state index in [0.717, 1.165) is 55.9 Å². The molecule has 0 unspecified atom stereocenters. The van der Waals surface area contributed by atoms with E-state index >= 15 is 0 Å². The van der Waals surface area contributed by atoms with Crippen LogP contribution in [0.1, 0.15) is 57.1 Å². The summed E-state index contributed by atoms with van der Waals surface area (Å²) in [5.74, 6) is -0.731. The maximum atomic E-state index is 14.9. The second-order valence-electron chi connectivity index (χ2n) is 11.9. The average molecular weight is 627 g/mol. The Labute approximate surface area is 249 Å². The summed E-state index contributed by atoms with van der Waals surface area (Å²) < 4.78 is 83.7. The summed E-state index contributed by atoms with van der Waals surface area (Å²) in [6, 6.07) is 5.39. The summed E-state index contributed by atoms with van der Waals surface area (Å²) in [6.45, 7) is 6.13. The molecule has 3 aliphatic rings. The van der Waals surface area contributed by atoms with Crippen molar-refractivity contribution in [3.63, 3.8) is 0 Å². The third-order valence-corrected chi connectivity index (χ3v) is 9.70. The van der Waals surface area contributed by atoms with Crippen LogP contribution in [0.4, 0.5) is 35.0 Å². The lowest BCUT2D eigenvalue weighted by molar-refractivity contribution is -0.129. The Bertz CT molecular complexity index is 1440. The van der Waals surface area contributed by atoms with E-state index in [1.165, 1.54) is 12.1 Å². The minimum Gasteiger partial charge on any atom is -0.378 e. The van der Waals surface area contributed by atoms with Gasteiger partial charge in [-0.25, -0.2) is 17.8 Å². The van der Waals surface area contributed by atoms with Crippen molar-refractivity contribution in [3.05, 3.63) is 41.3 Å². The standard InChI is InChI=1S/C29H38F4N6O3S/c1-18(2)39-15-21(19-4-9-26(25(30)13-19)37-43(40,41)11-10-29(31,32)33)12-20-14-34-28(36-27(20)39)35-22-5-7-23(8-6-22)38(3)24-16-42-17-24/h4,9,12-14,18,22-24,37H,5-8,10-11,15-17H2,1-3H3,(H,34,35,36). The van der Waals surface area contributed by atoms with E-state index in [1.807, 2.05) is 24.6 Å². The number of nitrogens with one attached hydrogen (secondary N) is 2. The molecule has 2 aromatic rings. The number of halogens is 4. The zero-order valence-electron chi connectivity index (χ0n) is 24.5. The highest BCUT2D eigenvalue weighted by Crippen LogP contribution is 2.35. The molecular weight excluding hydrogens is 588 g/mol. The highest BCUT2D eigenvalue weighted by atomic mass is 32.2. The Morgan fingerprint density at radius 1 is 1.14 bits per heavy atom. The second-order valence-corrected chi connectivity index (χ2v) is 13.7. The molecule has 0 atom stereocenters. The summed E-state index contributed by atoms with van der Waals surface area (Å²) in [5, 5.41) is 3.52. The molecule has 2 aliphatic heterocycles. The first-order valence-electron chi connectivity index (χ1n) is 14.6. The molecule has 43 heavy (non-hydrogen) atoms. The third kappa shape index (κ3) is 7.76. The van der Waals surface area contributed by atoms with Gasteiger partial charge in [0.05, 0.1) is 37.1 Å². The second kappa shape index (κ2) is 12.6. The fraction of sp³-hybridized carbons (Fsp3) is 0.586. The number of nitrogens with zero attached hydrogens (tertiary/aromatic N) is 4. The number of sulfonamides is 1. The molecule has 236 valence electrons. The minimum atomic E-state index is -4.63. The van der Waals surface area contributed by atoms with E-state index in [4.69, 9.17) is 9.72 Å².